The maximum Gasteiger partial charge on any atom is 0.108 e. The van der Waals surface area contributed by atoms with Crippen LogP contribution >= 0.6 is 22.9 Å². The molecule has 1 aliphatic rings. The molecular formula is C10H14ClNOS. The molecule has 0 aliphatic heterocycles. The molecule has 2 rings (SSSR count). The van der Waals surface area contributed by atoms with Gasteiger partial charge in [0.05, 0.1) is 4.34 Å². The molecule has 1 heterocycles. The Hall–Kier alpha value is -0.0900. The predicted octanol–water partition coefficient (Wildman–Crippen LogP) is 2.36. The van der Waals surface area contributed by atoms with E-state index < -0.39 is 5.60 Å². The van der Waals surface area contributed by atoms with Crippen LogP contribution in [-0.4, -0.2) is 17.7 Å². The Balaban J connectivity index is 1.98. The van der Waals surface area contributed by atoms with Gasteiger partial charge in [-0.05, 0) is 31.9 Å². The van der Waals surface area contributed by atoms with Crippen molar-refractivity contribution in [3.05, 3.63) is 21.3 Å². The van der Waals surface area contributed by atoms with Crippen LogP contribution < -0.4 is 5.32 Å². The van der Waals surface area contributed by atoms with Crippen LogP contribution in [0, 0.1) is 0 Å². The molecule has 0 spiro atoms. The Bertz CT molecular complexity index is 320. The maximum atomic E-state index is 10.2. The molecule has 0 aromatic carbocycles. The van der Waals surface area contributed by atoms with Gasteiger partial charge in [0, 0.05) is 17.5 Å². The third-order valence-corrected chi connectivity index (χ3v) is 3.90. The topological polar surface area (TPSA) is 32.3 Å². The normalized spacial score (nSPS) is 20.8. The number of nitrogens with one attached hydrogen (secondary N) is 1. The number of hydrogen-bond acceptors (Lipinski definition) is 3. The standard InChI is InChI=1S/C10H14ClNOS/c1-10(13,6-12-7-2-3-7)8-4-5-9(11)14-8/h4-5,7,12-13H,2-3,6H2,1H3. The van der Waals surface area contributed by atoms with Gasteiger partial charge in [0.15, 0.2) is 0 Å². The molecule has 1 fully saturated rings. The largest absolute Gasteiger partial charge is 0.383 e. The summed E-state index contributed by atoms with van der Waals surface area (Å²) in [5, 5.41) is 13.5. The average Bonchev–Trinajstić information content (AvgIpc) is 2.85. The second-order valence-electron chi connectivity index (χ2n) is 4.03. The van der Waals surface area contributed by atoms with Gasteiger partial charge in [-0.3, -0.25) is 0 Å². The zero-order valence-electron chi connectivity index (χ0n) is 8.09. The van der Waals surface area contributed by atoms with Gasteiger partial charge < -0.3 is 10.4 Å². The molecule has 2 N–H and O–H groups in total. The molecular weight excluding hydrogens is 218 g/mol. The number of thiophene rings is 1. The van der Waals surface area contributed by atoms with E-state index in [0.717, 1.165) is 9.21 Å². The fourth-order valence-corrected chi connectivity index (χ4v) is 2.41. The lowest BCUT2D eigenvalue weighted by molar-refractivity contribution is 0.0604. The van der Waals surface area contributed by atoms with Crippen molar-refractivity contribution in [3.63, 3.8) is 0 Å². The van der Waals surface area contributed by atoms with Gasteiger partial charge in [-0.15, -0.1) is 11.3 Å². The fraction of sp³-hybridized carbons (Fsp3) is 0.600. The summed E-state index contributed by atoms with van der Waals surface area (Å²) in [6, 6.07) is 4.34. The van der Waals surface area contributed by atoms with Crippen molar-refractivity contribution >= 4 is 22.9 Å². The molecule has 0 radical (unpaired) electrons. The van der Waals surface area contributed by atoms with Crippen molar-refractivity contribution in [2.45, 2.75) is 31.4 Å². The zero-order chi connectivity index (χ0) is 10.2. The van der Waals surface area contributed by atoms with Gasteiger partial charge in [-0.1, -0.05) is 11.6 Å². The third kappa shape index (κ3) is 2.48. The van der Waals surface area contributed by atoms with E-state index in [9.17, 15) is 5.11 Å². The number of hydrogen-bond donors (Lipinski definition) is 2. The summed E-state index contributed by atoms with van der Waals surface area (Å²) in [4.78, 5) is 0.927. The van der Waals surface area contributed by atoms with Gasteiger partial charge in [0.2, 0.25) is 0 Å². The molecule has 1 saturated carbocycles. The van der Waals surface area contributed by atoms with Gasteiger partial charge in [0.1, 0.15) is 5.60 Å². The van der Waals surface area contributed by atoms with Crippen LogP contribution in [0.1, 0.15) is 24.6 Å². The molecule has 78 valence electrons. The van der Waals surface area contributed by atoms with Crippen molar-refractivity contribution in [2.75, 3.05) is 6.54 Å². The highest BCUT2D eigenvalue weighted by Crippen LogP contribution is 2.31. The van der Waals surface area contributed by atoms with E-state index in [1.54, 1.807) is 0 Å². The molecule has 1 aromatic rings. The van der Waals surface area contributed by atoms with Crippen molar-refractivity contribution in [2.24, 2.45) is 0 Å². The highest BCUT2D eigenvalue weighted by Gasteiger charge is 2.28. The van der Waals surface area contributed by atoms with E-state index in [1.165, 1.54) is 24.2 Å². The highest BCUT2D eigenvalue weighted by molar-refractivity contribution is 7.16. The molecule has 2 nitrogen and oxygen atoms in total. The zero-order valence-corrected chi connectivity index (χ0v) is 9.66. The third-order valence-electron chi connectivity index (χ3n) is 2.42. The molecule has 1 aliphatic carbocycles. The van der Waals surface area contributed by atoms with Crippen molar-refractivity contribution < 1.29 is 5.11 Å². The highest BCUT2D eigenvalue weighted by atomic mass is 35.5. The molecule has 4 heteroatoms. The summed E-state index contributed by atoms with van der Waals surface area (Å²) in [5.41, 5.74) is -0.791. The Labute approximate surface area is 92.9 Å². The van der Waals surface area contributed by atoms with Crippen LogP contribution in [0.2, 0.25) is 4.34 Å². The number of aliphatic hydroxyl groups is 1. The monoisotopic (exact) mass is 231 g/mol. The molecule has 1 aromatic heterocycles. The van der Waals surface area contributed by atoms with Crippen LogP contribution in [-0.2, 0) is 5.60 Å². The van der Waals surface area contributed by atoms with Gasteiger partial charge >= 0.3 is 0 Å². The maximum absolute atomic E-state index is 10.2. The Morgan fingerprint density at radius 2 is 2.36 bits per heavy atom. The Kier molecular flexibility index (Phi) is 2.84. The van der Waals surface area contributed by atoms with Crippen molar-refractivity contribution in [3.8, 4) is 0 Å². The first-order valence-electron chi connectivity index (χ1n) is 4.79. The van der Waals surface area contributed by atoms with Crippen LogP contribution in [0.3, 0.4) is 0 Å². The van der Waals surface area contributed by atoms with Gasteiger partial charge in [-0.2, -0.15) is 0 Å². The van der Waals surface area contributed by atoms with E-state index >= 15 is 0 Å². The predicted molar refractivity (Wildman–Crippen MR) is 59.9 cm³/mol. The average molecular weight is 232 g/mol. The molecule has 14 heavy (non-hydrogen) atoms. The fourth-order valence-electron chi connectivity index (χ4n) is 1.32. The smallest absolute Gasteiger partial charge is 0.108 e. The SMILES string of the molecule is CC(O)(CNC1CC1)c1ccc(Cl)s1. The molecule has 1 unspecified atom stereocenters. The minimum Gasteiger partial charge on any atom is -0.383 e. The first-order valence-corrected chi connectivity index (χ1v) is 5.99. The minimum atomic E-state index is -0.791. The summed E-state index contributed by atoms with van der Waals surface area (Å²) < 4.78 is 0.728. The lowest BCUT2D eigenvalue weighted by Gasteiger charge is -2.22. The summed E-state index contributed by atoms with van der Waals surface area (Å²) in [7, 11) is 0. The lowest BCUT2D eigenvalue weighted by atomic mass is 10.1. The Morgan fingerprint density at radius 3 is 2.86 bits per heavy atom. The van der Waals surface area contributed by atoms with Crippen molar-refractivity contribution in [1.29, 1.82) is 0 Å². The molecule has 1 atom stereocenters. The minimum absolute atomic E-state index is 0.606. The number of rotatable bonds is 4. The number of halogens is 1. The Morgan fingerprint density at radius 1 is 1.64 bits per heavy atom. The van der Waals surface area contributed by atoms with E-state index in [0.29, 0.717) is 12.6 Å². The molecule has 0 saturated heterocycles. The first kappa shape index (κ1) is 10.4. The van der Waals surface area contributed by atoms with E-state index in [-0.39, 0.29) is 0 Å². The van der Waals surface area contributed by atoms with Crippen LogP contribution in [0.15, 0.2) is 12.1 Å². The quantitative estimate of drug-likeness (QED) is 0.834. The van der Waals surface area contributed by atoms with Crippen LogP contribution in [0.25, 0.3) is 0 Å². The van der Waals surface area contributed by atoms with Crippen LogP contribution in [0.4, 0.5) is 0 Å². The van der Waals surface area contributed by atoms with Gasteiger partial charge in [-0.25, -0.2) is 0 Å². The summed E-state index contributed by atoms with van der Waals surface area (Å²) in [6.45, 7) is 2.43. The molecule has 0 bridgehead atoms. The lowest BCUT2D eigenvalue weighted by Crippen LogP contribution is -2.35. The van der Waals surface area contributed by atoms with Gasteiger partial charge in [0.25, 0.3) is 0 Å². The second kappa shape index (κ2) is 3.81. The van der Waals surface area contributed by atoms with E-state index in [2.05, 4.69) is 5.32 Å². The van der Waals surface area contributed by atoms with E-state index in [4.69, 9.17) is 11.6 Å². The van der Waals surface area contributed by atoms with Crippen molar-refractivity contribution in [1.82, 2.24) is 5.32 Å². The second-order valence-corrected chi connectivity index (χ2v) is 5.75. The molecule has 0 amide bonds. The summed E-state index contributed by atoms with van der Waals surface area (Å²) in [6.07, 6.45) is 2.47. The van der Waals surface area contributed by atoms with E-state index in [1.807, 2.05) is 19.1 Å². The summed E-state index contributed by atoms with van der Waals surface area (Å²) in [5.74, 6) is 0. The first-order chi connectivity index (χ1) is 6.58. The summed E-state index contributed by atoms with van der Waals surface area (Å²) >= 11 is 7.27. The van der Waals surface area contributed by atoms with Crippen LogP contribution in [0.5, 0.6) is 0 Å².